The van der Waals surface area contributed by atoms with Crippen LogP contribution in [0.15, 0.2) is 46.9 Å². The number of fused-ring (bicyclic) bond motifs is 1. The normalized spacial score (nSPS) is 13.8. The molecule has 0 spiro atoms. The van der Waals surface area contributed by atoms with Crippen LogP contribution in [0.4, 0.5) is 22.0 Å². The third kappa shape index (κ3) is 5.66. The number of nitrogens with one attached hydrogen (secondary N) is 1. The molecule has 0 saturated heterocycles. The molecule has 0 bridgehead atoms. The Bertz CT molecular complexity index is 1300. The number of hydrogen-bond donors (Lipinski definition) is 1. The van der Waals surface area contributed by atoms with E-state index >= 15 is 0 Å². The molecule has 11 heteroatoms. The van der Waals surface area contributed by atoms with E-state index in [0.717, 1.165) is 31.0 Å². The summed E-state index contributed by atoms with van der Waals surface area (Å²) < 4.78 is 75.5. The van der Waals surface area contributed by atoms with Crippen LogP contribution in [0.5, 0.6) is 11.6 Å². The van der Waals surface area contributed by atoms with E-state index in [1.807, 2.05) is 0 Å². The van der Waals surface area contributed by atoms with Gasteiger partial charge in [-0.2, -0.15) is 27.1 Å². The lowest BCUT2D eigenvalue weighted by molar-refractivity contribution is -0.137. The average Bonchev–Trinajstić information content (AvgIpc) is 2.82. The molecular formula is C25H21BrF5N3O2. The zero-order valence-electron chi connectivity index (χ0n) is 19.1. The van der Waals surface area contributed by atoms with Gasteiger partial charge in [0.25, 0.3) is 17.7 Å². The molecule has 0 aliphatic heterocycles. The van der Waals surface area contributed by atoms with Crippen LogP contribution in [0.25, 0.3) is 0 Å². The molecule has 3 aromatic rings. The summed E-state index contributed by atoms with van der Waals surface area (Å²) in [5.41, 5.74) is 0.112. The number of aromatic nitrogens is 2. The zero-order valence-corrected chi connectivity index (χ0v) is 20.6. The summed E-state index contributed by atoms with van der Waals surface area (Å²) in [6.45, 7) is 0.550. The van der Waals surface area contributed by atoms with Crippen LogP contribution < -0.4 is 10.1 Å². The topological polar surface area (TPSA) is 64.1 Å². The summed E-state index contributed by atoms with van der Waals surface area (Å²) >= 11 is 3.24. The summed E-state index contributed by atoms with van der Waals surface area (Å²) in [5.74, 6) is -4.78. The minimum absolute atomic E-state index is 0.0968. The molecule has 0 radical (unpaired) electrons. The van der Waals surface area contributed by atoms with Gasteiger partial charge >= 0.3 is 6.18 Å². The number of nitrogens with zero attached hydrogens (tertiary/aromatic N) is 2. The standard InChI is InChI=1S/C25H21BrF5N3O2/c1-14-11-16(26)9-10-19(14)24(27,28)13-32-22(35)21-18-7-2-3-8-20(18)33-34-23(21)36-17-6-4-5-15(12-17)25(29,30)31/h4-6,9-12H,2-3,7-8,13H2,1H3,(H,32,35). The Hall–Kier alpha value is -3.08. The highest BCUT2D eigenvalue weighted by Crippen LogP contribution is 2.35. The van der Waals surface area contributed by atoms with Crippen LogP contribution >= 0.6 is 15.9 Å². The number of alkyl halides is 5. The predicted octanol–water partition coefficient (Wildman–Crippen LogP) is 6.76. The molecule has 5 nitrogen and oxygen atoms in total. The highest BCUT2D eigenvalue weighted by molar-refractivity contribution is 9.10. The highest BCUT2D eigenvalue weighted by Gasteiger charge is 2.35. The average molecular weight is 570 g/mol. The van der Waals surface area contributed by atoms with Crippen LogP contribution in [-0.4, -0.2) is 22.6 Å². The van der Waals surface area contributed by atoms with Crippen molar-refractivity contribution in [2.75, 3.05) is 6.54 Å². The first-order valence-corrected chi connectivity index (χ1v) is 11.9. The van der Waals surface area contributed by atoms with E-state index in [2.05, 4.69) is 31.4 Å². The number of carbonyl (C=O) groups excluding carboxylic acids is 1. The van der Waals surface area contributed by atoms with Crippen LogP contribution in [0.2, 0.25) is 0 Å². The monoisotopic (exact) mass is 569 g/mol. The van der Waals surface area contributed by atoms with Crippen LogP contribution in [-0.2, 0) is 24.9 Å². The molecule has 1 amide bonds. The largest absolute Gasteiger partial charge is 0.437 e. The van der Waals surface area contributed by atoms with Crippen molar-refractivity contribution in [2.45, 2.75) is 44.7 Å². The van der Waals surface area contributed by atoms with Crippen molar-refractivity contribution in [2.24, 2.45) is 0 Å². The second kappa shape index (κ2) is 10.1. The van der Waals surface area contributed by atoms with Crippen LogP contribution in [0.3, 0.4) is 0 Å². The molecule has 1 aliphatic rings. The van der Waals surface area contributed by atoms with Gasteiger partial charge in [-0.3, -0.25) is 4.79 Å². The molecule has 1 N–H and O–H groups in total. The lowest BCUT2D eigenvalue weighted by Gasteiger charge is -2.22. The summed E-state index contributed by atoms with van der Waals surface area (Å²) in [7, 11) is 0. The number of amides is 1. The maximum atomic E-state index is 15.0. The van der Waals surface area contributed by atoms with Crippen molar-refractivity contribution >= 4 is 21.8 Å². The van der Waals surface area contributed by atoms with Crippen molar-refractivity contribution < 1.29 is 31.5 Å². The van der Waals surface area contributed by atoms with Gasteiger partial charge < -0.3 is 10.1 Å². The second-order valence-corrected chi connectivity index (χ2v) is 9.40. The van der Waals surface area contributed by atoms with E-state index in [4.69, 9.17) is 4.74 Å². The summed E-state index contributed by atoms with van der Waals surface area (Å²) in [6.07, 6.45) is -2.07. The van der Waals surface area contributed by atoms with Gasteiger partial charge in [0.2, 0.25) is 0 Å². The molecule has 0 saturated carbocycles. The lowest BCUT2D eigenvalue weighted by atomic mass is 9.92. The van der Waals surface area contributed by atoms with E-state index in [-0.39, 0.29) is 22.8 Å². The molecule has 1 aromatic heterocycles. The zero-order chi connectivity index (χ0) is 26.1. The minimum atomic E-state index is -4.60. The van der Waals surface area contributed by atoms with Crippen LogP contribution in [0.1, 0.15) is 51.1 Å². The molecule has 0 atom stereocenters. The number of benzene rings is 2. The van der Waals surface area contributed by atoms with E-state index < -0.39 is 30.1 Å². The molecule has 0 fully saturated rings. The first-order chi connectivity index (χ1) is 17.0. The molecule has 4 rings (SSSR count). The molecular weight excluding hydrogens is 549 g/mol. The fourth-order valence-electron chi connectivity index (χ4n) is 4.12. The maximum Gasteiger partial charge on any atom is 0.416 e. The van der Waals surface area contributed by atoms with Crippen molar-refractivity contribution in [1.82, 2.24) is 15.5 Å². The van der Waals surface area contributed by atoms with Gasteiger partial charge in [-0.05, 0) is 74.1 Å². The van der Waals surface area contributed by atoms with Gasteiger partial charge in [-0.1, -0.05) is 28.1 Å². The van der Waals surface area contributed by atoms with E-state index in [1.165, 1.54) is 18.2 Å². The first kappa shape index (κ1) is 26.0. The SMILES string of the molecule is Cc1cc(Br)ccc1C(F)(F)CNC(=O)c1c(Oc2cccc(C(F)(F)F)c2)nnc2c1CCCC2. The fraction of sp³-hybridized carbons (Fsp3) is 0.320. The Morgan fingerprint density at radius 3 is 2.53 bits per heavy atom. The number of rotatable bonds is 6. The van der Waals surface area contributed by atoms with Gasteiger partial charge in [0.1, 0.15) is 11.3 Å². The number of hydrogen-bond acceptors (Lipinski definition) is 4. The van der Waals surface area contributed by atoms with Gasteiger partial charge in [-0.15, -0.1) is 5.10 Å². The predicted molar refractivity (Wildman–Crippen MR) is 125 cm³/mol. The van der Waals surface area contributed by atoms with Gasteiger partial charge in [0, 0.05) is 10.0 Å². The molecule has 190 valence electrons. The quantitative estimate of drug-likeness (QED) is 0.333. The second-order valence-electron chi connectivity index (χ2n) is 8.49. The Morgan fingerprint density at radius 2 is 1.81 bits per heavy atom. The van der Waals surface area contributed by atoms with Gasteiger partial charge in [0.05, 0.1) is 17.8 Å². The first-order valence-electron chi connectivity index (χ1n) is 11.1. The number of ether oxygens (including phenoxy) is 1. The number of aryl methyl sites for hydroxylation is 2. The summed E-state index contributed by atoms with van der Waals surface area (Å²) in [4.78, 5) is 13.2. The minimum Gasteiger partial charge on any atom is -0.437 e. The van der Waals surface area contributed by atoms with Crippen molar-refractivity contribution in [1.29, 1.82) is 0 Å². The molecule has 1 heterocycles. The van der Waals surface area contributed by atoms with Crippen molar-refractivity contribution in [3.63, 3.8) is 0 Å². The highest BCUT2D eigenvalue weighted by atomic mass is 79.9. The maximum absolute atomic E-state index is 15.0. The Kier molecular flexibility index (Phi) is 7.31. The Labute approximate surface area is 212 Å². The molecule has 0 unspecified atom stereocenters. The summed E-state index contributed by atoms with van der Waals surface area (Å²) in [6, 6.07) is 8.41. The Morgan fingerprint density at radius 1 is 1.06 bits per heavy atom. The molecule has 36 heavy (non-hydrogen) atoms. The summed E-state index contributed by atoms with van der Waals surface area (Å²) in [5, 5.41) is 10.3. The number of carbonyl (C=O) groups is 1. The van der Waals surface area contributed by atoms with Gasteiger partial charge in [-0.25, -0.2) is 0 Å². The third-order valence-corrected chi connectivity index (χ3v) is 6.37. The van der Waals surface area contributed by atoms with Gasteiger partial charge in [0.15, 0.2) is 0 Å². The Balaban J connectivity index is 1.64. The van der Waals surface area contributed by atoms with E-state index in [0.29, 0.717) is 34.1 Å². The smallest absolute Gasteiger partial charge is 0.416 e. The van der Waals surface area contributed by atoms with E-state index in [9.17, 15) is 26.7 Å². The van der Waals surface area contributed by atoms with Crippen molar-refractivity contribution in [3.8, 4) is 11.6 Å². The van der Waals surface area contributed by atoms with Crippen LogP contribution in [0, 0.1) is 6.92 Å². The molecule has 1 aliphatic carbocycles. The lowest BCUT2D eigenvalue weighted by Crippen LogP contribution is -2.36. The molecule has 2 aromatic carbocycles. The fourth-order valence-corrected chi connectivity index (χ4v) is 4.59. The van der Waals surface area contributed by atoms with Crippen molar-refractivity contribution in [3.05, 3.63) is 80.4 Å². The third-order valence-electron chi connectivity index (χ3n) is 5.87. The number of halogens is 6. The van der Waals surface area contributed by atoms with E-state index in [1.54, 1.807) is 13.0 Å².